The number of nitrogens with one attached hydrogen (secondary N) is 1. The molecule has 2 aromatic carbocycles. The van der Waals surface area contributed by atoms with E-state index < -0.39 is 6.04 Å². The fourth-order valence-electron chi connectivity index (χ4n) is 2.60. The Labute approximate surface area is 144 Å². The van der Waals surface area contributed by atoms with Crippen LogP contribution in [0.25, 0.3) is 10.9 Å². The molecule has 1 N–H and O–H groups in total. The van der Waals surface area contributed by atoms with Crippen LogP contribution in [0.3, 0.4) is 0 Å². The first-order chi connectivity index (χ1) is 12.1. The molecule has 1 atom stereocenters. The van der Waals surface area contributed by atoms with Crippen molar-refractivity contribution >= 4 is 22.5 Å². The van der Waals surface area contributed by atoms with Crippen LogP contribution in [0.4, 0.5) is 5.69 Å². The standard InChI is InChI=1S/C18H18N4O3/c1-3-16(17(23)19-12-7-6-8-13(11-12)25-2)22-18(24)14-9-4-5-10-15(14)20-21-22/h4-11,16H,3H2,1-2H3,(H,19,23)/t16-/m1/s1. The van der Waals surface area contributed by atoms with E-state index in [1.54, 1.807) is 55.6 Å². The number of anilines is 1. The van der Waals surface area contributed by atoms with E-state index in [9.17, 15) is 9.59 Å². The highest BCUT2D eigenvalue weighted by molar-refractivity contribution is 5.94. The Morgan fingerprint density at radius 2 is 2.04 bits per heavy atom. The number of benzene rings is 2. The molecule has 0 aliphatic carbocycles. The SMILES string of the molecule is CC[C@H](C(=O)Nc1cccc(OC)c1)n1nnc2ccccc2c1=O. The zero-order valence-corrected chi connectivity index (χ0v) is 14.0. The predicted molar refractivity (Wildman–Crippen MR) is 94.7 cm³/mol. The molecule has 0 unspecified atom stereocenters. The monoisotopic (exact) mass is 338 g/mol. The van der Waals surface area contributed by atoms with Crippen LogP contribution < -0.4 is 15.6 Å². The molecule has 0 saturated carbocycles. The third-order valence-corrected chi connectivity index (χ3v) is 3.91. The quantitative estimate of drug-likeness (QED) is 0.772. The van der Waals surface area contributed by atoms with E-state index in [1.807, 2.05) is 6.92 Å². The lowest BCUT2D eigenvalue weighted by atomic mass is 10.2. The Morgan fingerprint density at radius 1 is 1.24 bits per heavy atom. The number of ether oxygens (including phenoxy) is 1. The molecular weight excluding hydrogens is 320 g/mol. The Morgan fingerprint density at radius 3 is 2.80 bits per heavy atom. The van der Waals surface area contributed by atoms with Gasteiger partial charge in [-0.1, -0.05) is 30.3 Å². The molecule has 0 fully saturated rings. The molecule has 0 radical (unpaired) electrons. The summed E-state index contributed by atoms with van der Waals surface area (Å²) in [5, 5.41) is 11.2. The van der Waals surface area contributed by atoms with Crippen molar-refractivity contribution in [3.63, 3.8) is 0 Å². The molecule has 3 rings (SSSR count). The Hall–Kier alpha value is -3.22. The van der Waals surface area contributed by atoms with Gasteiger partial charge in [-0.2, -0.15) is 4.68 Å². The van der Waals surface area contributed by atoms with E-state index in [2.05, 4.69) is 15.6 Å². The van der Waals surface area contributed by atoms with Crippen molar-refractivity contribution in [3.05, 3.63) is 58.9 Å². The van der Waals surface area contributed by atoms with Gasteiger partial charge in [0, 0.05) is 11.8 Å². The normalized spacial score (nSPS) is 11.9. The summed E-state index contributed by atoms with van der Waals surface area (Å²) in [7, 11) is 1.56. The lowest BCUT2D eigenvalue weighted by molar-refractivity contribution is -0.119. The number of carbonyl (C=O) groups is 1. The first-order valence-corrected chi connectivity index (χ1v) is 7.93. The van der Waals surface area contributed by atoms with Crippen LogP contribution in [-0.2, 0) is 4.79 Å². The van der Waals surface area contributed by atoms with Crippen LogP contribution >= 0.6 is 0 Å². The van der Waals surface area contributed by atoms with Gasteiger partial charge in [0.25, 0.3) is 5.56 Å². The molecule has 3 aromatic rings. The van der Waals surface area contributed by atoms with E-state index in [1.165, 1.54) is 0 Å². The summed E-state index contributed by atoms with van der Waals surface area (Å²) in [6.45, 7) is 1.82. The summed E-state index contributed by atoms with van der Waals surface area (Å²) in [5.41, 5.74) is 0.759. The van der Waals surface area contributed by atoms with Crippen molar-refractivity contribution in [2.75, 3.05) is 12.4 Å². The highest BCUT2D eigenvalue weighted by atomic mass is 16.5. The van der Waals surface area contributed by atoms with Crippen LogP contribution in [0, 0.1) is 0 Å². The van der Waals surface area contributed by atoms with Gasteiger partial charge in [-0.05, 0) is 30.7 Å². The van der Waals surface area contributed by atoms with Gasteiger partial charge in [-0.15, -0.1) is 5.10 Å². The minimum Gasteiger partial charge on any atom is -0.497 e. The van der Waals surface area contributed by atoms with Gasteiger partial charge in [0.2, 0.25) is 5.91 Å². The molecule has 25 heavy (non-hydrogen) atoms. The molecule has 1 amide bonds. The summed E-state index contributed by atoms with van der Waals surface area (Å²) < 4.78 is 6.28. The maximum absolute atomic E-state index is 12.7. The van der Waals surface area contributed by atoms with Gasteiger partial charge in [0.05, 0.1) is 12.5 Å². The fourth-order valence-corrected chi connectivity index (χ4v) is 2.60. The number of nitrogens with zero attached hydrogens (tertiary/aromatic N) is 3. The minimum atomic E-state index is -0.754. The van der Waals surface area contributed by atoms with Gasteiger partial charge >= 0.3 is 0 Å². The zero-order chi connectivity index (χ0) is 17.8. The largest absolute Gasteiger partial charge is 0.497 e. The molecule has 7 nitrogen and oxygen atoms in total. The van der Waals surface area contributed by atoms with Gasteiger partial charge in [-0.25, -0.2) is 0 Å². The predicted octanol–water partition coefficient (Wildman–Crippen LogP) is 2.39. The van der Waals surface area contributed by atoms with Crippen molar-refractivity contribution in [3.8, 4) is 5.75 Å². The lowest BCUT2D eigenvalue weighted by Crippen LogP contribution is -2.35. The lowest BCUT2D eigenvalue weighted by Gasteiger charge is -2.16. The number of amides is 1. The summed E-state index contributed by atoms with van der Waals surface area (Å²) in [5.74, 6) is 0.302. The number of methoxy groups -OCH3 is 1. The molecule has 0 saturated heterocycles. The van der Waals surface area contributed by atoms with Crippen LogP contribution in [0.5, 0.6) is 5.75 Å². The van der Waals surface area contributed by atoms with Gasteiger partial charge in [0.1, 0.15) is 17.3 Å². The molecule has 0 spiro atoms. The number of hydrogen-bond acceptors (Lipinski definition) is 5. The molecule has 0 aliphatic rings. The fraction of sp³-hybridized carbons (Fsp3) is 0.222. The van der Waals surface area contributed by atoms with E-state index >= 15 is 0 Å². The van der Waals surface area contributed by atoms with Gasteiger partial charge in [0.15, 0.2) is 0 Å². The van der Waals surface area contributed by atoms with E-state index in [4.69, 9.17) is 4.74 Å². The van der Waals surface area contributed by atoms with E-state index in [0.29, 0.717) is 28.8 Å². The first kappa shape index (κ1) is 16.6. The van der Waals surface area contributed by atoms with E-state index in [-0.39, 0.29) is 11.5 Å². The summed E-state index contributed by atoms with van der Waals surface area (Å²) in [4.78, 5) is 25.3. The van der Waals surface area contributed by atoms with Crippen LogP contribution in [-0.4, -0.2) is 28.0 Å². The highest BCUT2D eigenvalue weighted by Gasteiger charge is 2.22. The second-order valence-corrected chi connectivity index (χ2v) is 5.50. The second kappa shape index (κ2) is 7.12. The number of carbonyl (C=O) groups excluding carboxylic acids is 1. The highest BCUT2D eigenvalue weighted by Crippen LogP contribution is 2.19. The molecule has 0 bridgehead atoms. The van der Waals surface area contributed by atoms with Gasteiger partial charge < -0.3 is 10.1 Å². The molecule has 1 heterocycles. The Kier molecular flexibility index (Phi) is 4.74. The number of fused-ring (bicyclic) bond motifs is 1. The van der Waals surface area contributed by atoms with Crippen molar-refractivity contribution in [2.24, 2.45) is 0 Å². The second-order valence-electron chi connectivity index (χ2n) is 5.50. The first-order valence-electron chi connectivity index (χ1n) is 7.93. The third kappa shape index (κ3) is 3.35. The van der Waals surface area contributed by atoms with Crippen LogP contribution in [0.15, 0.2) is 53.3 Å². The number of rotatable bonds is 5. The maximum Gasteiger partial charge on any atom is 0.278 e. The molecule has 7 heteroatoms. The maximum atomic E-state index is 12.7. The van der Waals surface area contributed by atoms with Gasteiger partial charge in [-0.3, -0.25) is 9.59 Å². The average Bonchev–Trinajstić information content (AvgIpc) is 2.64. The van der Waals surface area contributed by atoms with Crippen molar-refractivity contribution in [2.45, 2.75) is 19.4 Å². The zero-order valence-electron chi connectivity index (χ0n) is 14.0. The molecular formula is C18H18N4O3. The third-order valence-electron chi connectivity index (χ3n) is 3.91. The summed E-state index contributed by atoms with van der Waals surface area (Å²) >= 11 is 0. The van der Waals surface area contributed by atoms with Crippen LogP contribution in [0.1, 0.15) is 19.4 Å². The topological polar surface area (TPSA) is 86.1 Å². The number of aromatic nitrogens is 3. The average molecular weight is 338 g/mol. The molecule has 0 aliphatic heterocycles. The van der Waals surface area contributed by atoms with Crippen LogP contribution in [0.2, 0.25) is 0 Å². The summed E-state index contributed by atoms with van der Waals surface area (Å²) in [6.07, 6.45) is 0.405. The van der Waals surface area contributed by atoms with Crippen molar-refractivity contribution in [1.82, 2.24) is 15.0 Å². The molecule has 1 aromatic heterocycles. The Bertz CT molecular complexity index is 968. The smallest absolute Gasteiger partial charge is 0.278 e. The van der Waals surface area contributed by atoms with E-state index in [0.717, 1.165) is 4.68 Å². The Balaban J connectivity index is 1.92. The number of hydrogen-bond donors (Lipinski definition) is 1. The van der Waals surface area contributed by atoms with Crippen molar-refractivity contribution in [1.29, 1.82) is 0 Å². The van der Waals surface area contributed by atoms with Crippen molar-refractivity contribution < 1.29 is 9.53 Å². The molecule has 128 valence electrons. The minimum absolute atomic E-state index is 0.331. The summed E-state index contributed by atoms with van der Waals surface area (Å²) in [6, 6.07) is 13.2.